The second kappa shape index (κ2) is 6.11. The molecule has 0 spiro atoms. The molecule has 0 unspecified atom stereocenters. The highest BCUT2D eigenvalue weighted by atomic mass is 35.5. The lowest BCUT2D eigenvalue weighted by molar-refractivity contribution is 1.01. The van der Waals surface area contributed by atoms with E-state index in [1.165, 1.54) is 0 Å². The topological polar surface area (TPSA) is 68.2 Å². The highest BCUT2D eigenvalue weighted by Crippen LogP contribution is 2.29. The van der Waals surface area contributed by atoms with Gasteiger partial charge in [-0.2, -0.15) is 0 Å². The van der Waals surface area contributed by atoms with Gasteiger partial charge >= 0.3 is 0 Å². The van der Waals surface area contributed by atoms with Gasteiger partial charge in [-0.05, 0) is 24.3 Å². The molecule has 0 saturated carbocycles. The fourth-order valence-corrected chi connectivity index (χ4v) is 3.03. The van der Waals surface area contributed by atoms with Crippen molar-refractivity contribution in [2.75, 3.05) is 18.4 Å². The van der Waals surface area contributed by atoms with Gasteiger partial charge in [-0.3, -0.25) is 4.40 Å². The first-order chi connectivity index (χ1) is 11.8. The summed E-state index contributed by atoms with van der Waals surface area (Å²) in [5.41, 5.74) is 10.3. The predicted molar refractivity (Wildman–Crippen MR) is 98.5 cm³/mol. The molecule has 2 aromatic heterocycles. The number of imidazole rings is 1. The number of nitrogens with two attached hydrogens (primary N) is 1. The van der Waals surface area contributed by atoms with Crippen molar-refractivity contribution in [3.8, 4) is 11.3 Å². The largest absolute Gasteiger partial charge is 0.366 e. The van der Waals surface area contributed by atoms with Crippen molar-refractivity contribution in [2.24, 2.45) is 5.73 Å². The highest BCUT2D eigenvalue weighted by molar-refractivity contribution is 6.30. The van der Waals surface area contributed by atoms with Crippen molar-refractivity contribution in [3.63, 3.8) is 0 Å². The number of nitrogens with zero attached hydrogens (tertiary/aromatic N) is 3. The summed E-state index contributed by atoms with van der Waals surface area (Å²) in [5, 5.41) is 3.96. The number of fused-ring (bicyclic) bond motifs is 3. The van der Waals surface area contributed by atoms with Crippen LogP contribution in [0.1, 0.15) is 0 Å². The lowest BCUT2D eigenvalue weighted by Crippen LogP contribution is -2.15. The lowest BCUT2D eigenvalue weighted by atomic mass is 10.1. The third-order valence-corrected chi connectivity index (χ3v) is 4.12. The monoisotopic (exact) mass is 337 g/mol. The van der Waals surface area contributed by atoms with Crippen molar-refractivity contribution < 1.29 is 0 Å². The molecule has 2 heterocycles. The van der Waals surface area contributed by atoms with Gasteiger partial charge in [-0.15, -0.1) is 0 Å². The number of anilines is 1. The zero-order valence-corrected chi connectivity index (χ0v) is 13.7. The number of nitrogens with one attached hydrogen (secondary N) is 1. The van der Waals surface area contributed by atoms with Crippen LogP contribution < -0.4 is 11.1 Å². The third-order valence-electron chi connectivity index (χ3n) is 3.89. The summed E-state index contributed by atoms with van der Waals surface area (Å²) >= 11 is 6.16. The Balaban J connectivity index is 2.04. The number of hydrogen-bond acceptors (Lipinski definition) is 4. The van der Waals surface area contributed by atoms with Crippen molar-refractivity contribution in [3.05, 3.63) is 59.8 Å². The van der Waals surface area contributed by atoms with Crippen LogP contribution in [0.25, 0.3) is 27.9 Å². The maximum absolute atomic E-state index is 6.16. The second-order valence-electron chi connectivity index (χ2n) is 5.48. The van der Waals surface area contributed by atoms with Crippen LogP contribution in [0.3, 0.4) is 0 Å². The SMILES string of the molecule is NCCNc1nc2ccccc2n2c(-c3cccc(Cl)c3)cnc12. The zero-order chi connectivity index (χ0) is 16.5. The van der Waals surface area contributed by atoms with E-state index in [9.17, 15) is 0 Å². The van der Waals surface area contributed by atoms with Crippen LogP contribution in [0.15, 0.2) is 54.7 Å². The number of benzene rings is 2. The second-order valence-corrected chi connectivity index (χ2v) is 5.91. The molecule has 0 saturated heterocycles. The Labute approximate surface area is 144 Å². The van der Waals surface area contributed by atoms with E-state index in [4.69, 9.17) is 17.3 Å². The standard InChI is InChI=1S/C18H16ClN5/c19-13-5-3-4-12(10-13)16-11-22-18-17(21-9-8-20)23-14-6-1-2-7-15(14)24(16)18/h1-7,10-11H,8-9,20H2,(H,21,23). The van der Waals surface area contributed by atoms with Crippen molar-refractivity contribution in [1.82, 2.24) is 14.4 Å². The van der Waals surface area contributed by atoms with Crippen LogP contribution in [0, 0.1) is 0 Å². The molecule has 0 radical (unpaired) electrons. The van der Waals surface area contributed by atoms with E-state index in [-0.39, 0.29) is 0 Å². The van der Waals surface area contributed by atoms with E-state index in [2.05, 4.69) is 19.7 Å². The molecule has 0 fully saturated rings. The zero-order valence-electron chi connectivity index (χ0n) is 12.9. The van der Waals surface area contributed by atoms with Crippen LogP contribution in [0.5, 0.6) is 0 Å². The predicted octanol–water partition coefficient (Wildman–Crippen LogP) is 3.57. The van der Waals surface area contributed by atoms with E-state index < -0.39 is 0 Å². The first-order valence-corrected chi connectivity index (χ1v) is 8.12. The van der Waals surface area contributed by atoms with Gasteiger partial charge in [0.1, 0.15) is 0 Å². The van der Waals surface area contributed by atoms with Gasteiger partial charge in [0.05, 0.1) is 22.9 Å². The highest BCUT2D eigenvalue weighted by Gasteiger charge is 2.14. The molecule has 3 N–H and O–H groups in total. The molecule has 0 atom stereocenters. The Kier molecular flexibility index (Phi) is 3.80. The summed E-state index contributed by atoms with van der Waals surface area (Å²) in [6, 6.07) is 15.8. The Bertz CT molecular complexity index is 1020. The Morgan fingerprint density at radius 3 is 2.83 bits per heavy atom. The minimum atomic E-state index is 0.530. The molecule has 6 heteroatoms. The minimum absolute atomic E-state index is 0.530. The maximum Gasteiger partial charge on any atom is 0.181 e. The smallest absolute Gasteiger partial charge is 0.181 e. The molecule has 0 aliphatic carbocycles. The Hall–Kier alpha value is -2.63. The van der Waals surface area contributed by atoms with E-state index in [0.29, 0.717) is 18.1 Å². The molecule has 0 aliphatic rings. The third kappa shape index (κ3) is 2.48. The Morgan fingerprint density at radius 1 is 1.12 bits per heavy atom. The van der Waals surface area contributed by atoms with Gasteiger partial charge in [0.2, 0.25) is 0 Å². The number of para-hydroxylation sites is 2. The van der Waals surface area contributed by atoms with E-state index >= 15 is 0 Å². The molecule has 4 aromatic rings. The van der Waals surface area contributed by atoms with Gasteiger partial charge in [-0.1, -0.05) is 35.9 Å². The fourth-order valence-electron chi connectivity index (χ4n) is 2.84. The number of halogens is 1. The maximum atomic E-state index is 6.16. The minimum Gasteiger partial charge on any atom is -0.366 e. The summed E-state index contributed by atoms with van der Waals surface area (Å²) in [7, 11) is 0. The number of aromatic nitrogens is 3. The van der Waals surface area contributed by atoms with Gasteiger partial charge in [-0.25, -0.2) is 9.97 Å². The van der Waals surface area contributed by atoms with Crippen molar-refractivity contribution in [2.45, 2.75) is 0 Å². The lowest BCUT2D eigenvalue weighted by Gasteiger charge is -2.11. The molecule has 4 rings (SSSR count). The number of hydrogen-bond donors (Lipinski definition) is 2. The molecule has 0 amide bonds. The quantitative estimate of drug-likeness (QED) is 0.597. The number of rotatable bonds is 4. The molecule has 24 heavy (non-hydrogen) atoms. The van der Waals surface area contributed by atoms with Crippen LogP contribution in [-0.2, 0) is 0 Å². The van der Waals surface area contributed by atoms with Crippen LogP contribution in [-0.4, -0.2) is 27.5 Å². The van der Waals surface area contributed by atoms with Crippen LogP contribution in [0.2, 0.25) is 5.02 Å². The van der Waals surface area contributed by atoms with E-state index in [1.54, 1.807) is 0 Å². The first kappa shape index (κ1) is 14.9. The molecule has 120 valence electrons. The van der Waals surface area contributed by atoms with E-state index in [1.807, 2.05) is 54.7 Å². The Morgan fingerprint density at radius 2 is 2.00 bits per heavy atom. The molecular formula is C18H16ClN5. The molecular weight excluding hydrogens is 322 g/mol. The van der Waals surface area contributed by atoms with Crippen LogP contribution in [0.4, 0.5) is 5.82 Å². The summed E-state index contributed by atoms with van der Waals surface area (Å²) in [6.45, 7) is 1.17. The van der Waals surface area contributed by atoms with Crippen molar-refractivity contribution >= 4 is 34.1 Å². The molecule has 2 aromatic carbocycles. The van der Waals surface area contributed by atoms with Crippen LogP contribution >= 0.6 is 11.6 Å². The van der Waals surface area contributed by atoms with Gasteiger partial charge in [0.15, 0.2) is 11.5 Å². The molecule has 0 aliphatic heterocycles. The molecule has 5 nitrogen and oxygen atoms in total. The van der Waals surface area contributed by atoms with Gasteiger partial charge in [0, 0.05) is 23.7 Å². The van der Waals surface area contributed by atoms with Gasteiger partial charge < -0.3 is 11.1 Å². The summed E-state index contributed by atoms with van der Waals surface area (Å²) in [6.07, 6.45) is 1.85. The first-order valence-electron chi connectivity index (χ1n) is 7.74. The van der Waals surface area contributed by atoms with Crippen molar-refractivity contribution in [1.29, 1.82) is 0 Å². The summed E-state index contributed by atoms with van der Waals surface area (Å²) in [5.74, 6) is 0.729. The summed E-state index contributed by atoms with van der Waals surface area (Å²) < 4.78 is 2.10. The molecule has 0 bridgehead atoms. The van der Waals surface area contributed by atoms with E-state index in [0.717, 1.165) is 33.8 Å². The summed E-state index contributed by atoms with van der Waals surface area (Å²) in [4.78, 5) is 9.27. The fraction of sp³-hybridized carbons (Fsp3) is 0.111. The normalized spacial score (nSPS) is 11.2. The average molecular weight is 338 g/mol. The van der Waals surface area contributed by atoms with Gasteiger partial charge in [0.25, 0.3) is 0 Å². The average Bonchev–Trinajstić information content (AvgIpc) is 3.05.